The summed E-state index contributed by atoms with van der Waals surface area (Å²) in [7, 11) is 0. The van der Waals surface area contributed by atoms with Crippen LogP contribution in [0.2, 0.25) is 0 Å². The molecular weight excluding hydrogens is 296 g/mol. The molecule has 0 atom stereocenters. The van der Waals surface area contributed by atoms with Crippen molar-refractivity contribution in [1.29, 1.82) is 0 Å². The van der Waals surface area contributed by atoms with Crippen LogP contribution in [0.15, 0.2) is 36.7 Å². The standard InChI is InChI=1S/C16H22N4O3/c21-16(22)13-17-9-12-23-15-6-4-14(5-7-15)3-1-2-10-20-11-8-18-19-20/h4-8,11,17H,1-3,9-10,12-13H2,(H,21,22). The minimum absolute atomic E-state index is 0.0448. The van der Waals surface area contributed by atoms with Gasteiger partial charge in [0.1, 0.15) is 12.4 Å². The largest absolute Gasteiger partial charge is 0.492 e. The van der Waals surface area contributed by atoms with Crippen LogP contribution in [0.1, 0.15) is 18.4 Å². The number of aryl methyl sites for hydroxylation is 2. The molecule has 0 radical (unpaired) electrons. The second kappa shape index (κ2) is 9.58. The summed E-state index contributed by atoms with van der Waals surface area (Å²) < 4.78 is 7.39. The minimum Gasteiger partial charge on any atom is -0.492 e. The number of hydrogen-bond acceptors (Lipinski definition) is 5. The van der Waals surface area contributed by atoms with Gasteiger partial charge in [-0.2, -0.15) is 0 Å². The lowest BCUT2D eigenvalue weighted by molar-refractivity contribution is -0.135. The summed E-state index contributed by atoms with van der Waals surface area (Å²) in [4.78, 5) is 10.3. The Morgan fingerprint density at radius 3 is 2.78 bits per heavy atom. The normalized spacial score (nSPS) is 10.6. The number of hydrogen-bond donors (Lipinski definition) is 2. The lowest BCUT2D eigenvalue weighted by atomic mass is 10.1. The predicted molar refractivity (Wildman–Crippen MR) is 85.4 cm³/mol. The van der Waals surface area contributed by atoms with Gasteiger partial charge in [0, 0.05) is 19.3 Å². The fourth-order valence-corrected chi connectivity index (χ4v) is 2.14. The van der Waals surface area contributed by atoms with Crippen LogP contribution in [0.4, 0.5) is 0 Å². The fourth-order valence-electron chi connectivity index (χ4n) is 2.14. The number of carbonyl (C=O) groups is 1. The molecule has 0 aliphatic carbocycles. The van der Waals surface area contributed by atoms with Crippen molar-refractivity contribution >= 4 is 5.97 Å². The molecule has 2 aromatic rings. The Labute approximate surface area is 135 Å². The molecule has 0 amide bonds. The topological polar surface area (TPSA) is 89.3 Å². The van der Waals surface area contributed by atoms with Crippen LogP contribution in [-0.4, -0.2) is 45.8 Å². The number of unbranched alkanes of at least 4 members (excludes halogenated alkanes) is 1. The molecule has 0 saturated heterocycles. The van der Waals surface area contributed by atoms with Crippen LogP contribution in [0, 0.1) is 0 Å². The van der Waals surface area contributed by atoms with Gasteiger partial charge in [0.15, 0.2) is 0 Å². The first-order valence-corrected chi connectivity index (χ1v) is 7.72. The zero-order chi connectivity index (χ0) is 16.3. The van der Waals surface area contributed by atoms with Gasteiger partial charge in [-0.3, -0.25) is 9.48 Å². The second-order valence-corrected chi connectivity index (χ2v) is 5.19. The van der Waals surface area contributed by atoms with E-state index in [9.17, 15) is 4.79 Å². The number of carboxylic acids is 1. The van der Waals surface area contributed by atoms with Gasteiger partial charge in [0.2, 0.25) is 0 Å². The number of carboxylic acid groups (broad SMARTS) is 1. The van der Waals surface area contributed by atoms with Crippen LogP contribution < -0.4 is 10.1 Å². The van der Waals surface area contributed by atoms with E-state index in [0.29, 0.717) is 13.2 Å². The first-order valence-electron chi connectivity index (χ1n) is 7.72. The molecule has 0 bridgehead atoms. The maximum absolute atomic E-state index is 10.3. The highest BCUT2D eigenvalue weighted by molar-refractivity contribution is 5.68. The number of benzene rings is 1. The SMILES string of the molecule is O=C(O)CNCCOc1ccc(CCCCn2ccnn2)cc1. The summed E-state index contributed by atoms with van der Waals surface area (Å²) >= 11 is 0. The summed E-state index contributed by atoms with van der Waals surface area (Å²) in [5.41, 5.74) is 1.28. The molecule has 0 spiro atoms. The van der Waals surface area contributed by atoms with E-state index in [-0.39, 0.29) is 6.54 Å². The molecule has 0 unspecified atom stereocenters. The average Bonchev–Trinajstić information content (AvgIpc) is 3.06. The second-order valence-electron chi connectivity index (χ2n) is 5.19. The van der Waals surface area contributed by atoms with E-state index < -0.39 is 5.97 Å². The van der Waals surface area contributed by atoms with Crippen molar-refractivity contribution in [2.24, 2.45) is 0 Å². The fraction of sp³-hybridized carbons (Fsp3) is 0.438. The Hall–Kier alpha value is -2.41. The maximum atomic E-state index is 10.3. The van der Waals surface area contributed by atoms with E-state index in [1.165, 1.54) is 5.56 Å². The summed E-state index contributed by atoms with van der Waals surface area (Å²) in [6.45, 7) is 1.81. The van der Waals surface area contributed by atoms with Gasteiger partial charge in [0.05, 0.1) is 12.7 Å². The third kappa shape index (κ3) is 6.92. The molecule has 0 fully saturated rings. The van der Waals surface area contributed by atoms with Crippen molar-refractivity contribution in [3.05, 3.63) is 42.2 Å². The molecule has 1 aromatic carbocycles. The molecule has 1 heterocycles. The summed E-state index contributed by atoms with van der Waals surface area (Å²) in [6, 6.07) is 8.03. The lowest BCUT2D eigenvalue weighted by Gasteiger charge is -2.07. The number of aromatic nitrogens is 3. The van der Waals surface area contributed by atoms with Crippen molar-refractivity contribution in [2.45, 2.75) is 25.8 Å². The lowest BCUT2D eigenvalue weighted by Crippen LogP contribution is -2.26. The number of nitrogens with zero attached hydrogens (tertiary/aromatic N) is 3. The molecule has 1 aromatic heterocycles. The van der Waals surface area contributed by atoms with Crippen molar-refractivity contribution in [2.75, 3.05) is 19.7 Å². The minimum atomic E-state index is -0.863. The zero-order valence-electron chi connectivity index (χ0n) is 13.0. The number of rotatable bonds is 11. The highest BCUT2D eigenvalue weighted by Crippen LogP contribution is 2.14. The van der Waals surface area contributed by atoms with Gasteiger partial charge in [-0.1, -0.05) is 17.3 Å². The predicted octanol–water partition coefficient (Wildman–Crippen LogP) is 1.35. The number of nitrogens with one attached hydrogen (secondary N) is 1. The van der Waals surface area contributed by atoms with Crippen LogP contribution >= 0.6 is 0 Å². The molecule has 0 aliphatic heterocycles. The van der Waals surface area contributed by atoms with Gasteiger partial charge in [-0.05, 0) is 37.0 Å². The smallest absolute Gasteiger partial charge is 0.317 e. The highest BCUT2D eigenvalue weighted by atomic mass is 16.5. The third-order valence-corrected chi connectivity index (χ3v) is 3.32. The quantitative estimate of drug-likeness (QED) is 0.608. The van der Waals surface area contributed by atoms with Crippen molar-refractivity contribution in [3.8, 4) is 5.75 Å². The maximum Gasteiger partial charge on any atom is 0.317 e. The Bertz CT molecular complexity index is 570. The average molecular weight is 318 g/mol. The molecule has 0 aliphatic rings. The Kier molecular flexibility index (Phi) is 7.06. The van der Waals surface area contributed by atoms with Gasteiger partial charge in [0.25, 0.3) is 0 Å². The molecular formula is C16H22N4O3. The Morgan fingerprint density at radius 1 is 1.26 bits per heavy atom. The molecule has 23 heavy (non-hydrogen) atoms. The summed E-state index contributed by atoms with van der Waals surface area (Å²) in [5, 5.41) is 19.0. The monoisotopic (exact) mass is 318 g/mol. The van der Waals surface area contributed by atoms with E-state index in [1.54, 1.807) is 6.20 Å². The van der Waals surface area contributed by atoms with E-state index in [1.807, 2.05) is 23.0 Å². The zero-order valence-corrected chi connectivity index (χ0v) is 13.0. The summed E-state index contributed by atoms with van der Waals surface area (Å²) in [6.07, 6.45) is 6.75. The number of aliphatic carboxylic acids is 1. The van der Waals surface area contributed by atoms with E-state index in [2.05, 4.69) is 27.8 Å². The van der Waals surface area contributed by atoms with Gasteiger partial charge < -0.3 is 15.2 Å². The Morgan fingerprint density at radius 2 is 2.09 bits per heavy atom. The van der Waals surface area contributed by atoms with Crippen molar-refractivity contribution in [3.63, 3.8) is 0 Å². The van der Waals surface area contributed by atoms with E-state index in [4.69, 9.17) is 9.84 Å². The van der Waals surface area contributed by atoms with Gasteiger partial charge >= 0.3 is 5.97 Å². The van der Waals surface area contributed by atoms with Crippen LogP contribution in [0.3, 0.4) is 0 Å². The molecule has 7 heteroatoms. The molecule has 2 rings (SSSR count). The van der Waals surface area contributed by atoms with Crippen LogP contribution in [-0.2, 0) is 17.8 Å². The van der Waals surface area contributed by atoms with E-state index >= 15 is 0 Å². The first-order chi connectivity index (χ1) is 11.2. The Balaban J connectivity index is 1.59. The highest BCUT2D eigenvalue weighted by Gasteiger charge is 1.99. The molecule has 0 saturated carbocycles. The molecule has 7 nitrogen and oxygen atoms in total. The molecule has 124 valence electrons. The van der Waals surface area contributed by atoms with Crippen molar-refractivity contribution in [1.82, 2.24) is 20.3 Å². The van der Waals surface area contributed by atoms with Crippen LogP contribution in [0.5, 0.6) is 5.75 Å². The van der Waals surface area contributed by atoms with Crippen LogP contribution in [0.25, 0.3) is 0 Å². The molecule has 2 N–H and O–H groups in total. The first kappa shape index (κ1) is 17.0. The van der Waals surface area contributed by atoms with Gasteiger partial charge in [-0.15, -0.1) is 5.10 Å². The summed E-state index contributed by atoms with van der Waals surface area (Å²) in [5.74, 6) is -0.0633. The van der Waals surface area contributed by atoms with Gasteiger partial charge in [-0.25, -0.2) is 0 Å². The van der Waals surface area contributed by atoms with Crippen molar-refractivity contribution < 1.29 is 14.6 Å². The third-order valence-electron chi connectivity index (χ3n) is 3.32. The number of ether oxygens (including phenoxy) is 1. The van der Waals surface area contributed by atoms with E-state index in [0.717, 1.165) is 31.6 Å².